The minimum atomic E-state index is -2.83. The topological polar surface area (TPSA) is 53.1 Å². The van der Waals surface area contributed by atoms with E-state index >= 15 is 0 Å². The molecule has 2 aromatic rings. The summed E-state index contributed by atoms with van der Waals surface area (Å²) in [6.45, 7) is 3.28. The molecular formula is C15H19F2N3O. The van der Waals surface area contributed by atoms with Gasteiger partial charge in [0.25, 0.3) is 0 Å². The lowest BCUT2D eigenvalue weighted by atomic mass is 10.1. The molecule has 114 valence electrons. The molecule has 0 aliphatic rings. The van der Waals surface area contributed by atoms with Crippen LogP contribution < -0.4 is 10.5 Å². The van der Waals surface area contributed by atoms with Crippen molar-refractivity contribution < 1.29 is 13.5 Å². The number of imidazole rings is 1. The van der Waals surface area contributed by atoms with Crippen molar-refractivity contribution >= 4 is 5.82 Å². The highest BCUT2D eigenvalue weighted by atomic mass is 19.3. The molecule has 0 aliphatic heterocycles. The zero-order valence-electron chi connectivity index (χ0n) is 12.3. The van der Waals surface area contributed by atoms with Crippen LogP contribution in [-0.2, 0) is 6.42 Å². The van der Waals surface area contributed by atoms with Crippen molar-refractivity contribution in [1.82, 2.24) is 9.55 Å². The summed E-state index contributed by atoms with van der Waals surface area (Å²) in [7, 11) is 0. The molecule has 0 unspecified atom stereocenters. The molecular weight excluding hydrogens is 276 g/mol. The second-order valence-corrected chi connectivity index (χ2v) is 4.98. The summed E-state index contributed by atoms with van der Waals surface area (Å²) in [6.07, 6.45) is 0.773. The molecule has 0 atom stereocenters. The number of alkyl halides is 2. The first-order valence-corrected chi connectivity index (χ1v) is 6.85. The van der Waals surface area contributed by atoms with E-state index in [1.165, 1.54) is 12.1 Å². The normalized spacial score (nSPS) is 11.4. The smallest absolute Gasteiger partial charge is 0.387 e. The number of nitrogen functional groups attached to an aromatic ring is 1. The van der Waals surface area contributed by atoms with Crippen LogP contribution in [0, 0.1) is 0 Å². The number of aryl methyl sites for hydroxylation is 1. The largest absolute Gasteiger partial charge is 0.435 e. The molecule has 0 bridgehead atoms. The Morgan fingerprint density at radius 2 is 1.86 bits per heavy atom. The minimum absolute atomic E-state index is 0.117. The quantitative estimate of drug-likeness (QED) is 0.910. The van der Waals surface area contributed by atoms with Gasteiger partial charge in [-0.25, -0.2) is 4.98 Å². The van der Waals surface area contributed by atoms with Crippen molar-refractivity contribution in [2.75, 3.05) is 5.73 Å². The van der Waals surface area contributed by atoms with Gasteiger partial charge in [0.05, 0.1) is 0 Å². The Bertz CT molecular complexity index is 606. The minimum Gasteiger partial charge on any atom is -0.435 e. The average Bonchev–Trinajstić information content (AvgIpc) is 2.76. The van der Waals surface area contributed by atoms with E-state index in [1.807, 2.05) is 25.3 Å². The molecule has 0 radical (unpaired) electrons. The first kappa shape index (κ1) is 15.3. The number of hydrogen-bond acceptors (Lipinski definition) is 3. The highest BCUT2D eigenvalue weighted by Gasteiger charge is 2.17. The van der Waals surface area contributed by atoms with Crippen molar-refractivity contribution in [2.24, 2.45) is 0 Å². The van der Waals surface area contributed by atoms with E-state index in [0.717, 1.165) is 17.8 Å². The van der Waals surface area contributed by atoms with Gasteiger partial charge in [-0.3, -0.25) is 0 Å². The Balaban J connectivity index is 2.38. The summed E-state index contributed by atoms with van der Waals surface area (Å²) in [6, 6.07) is 6.55. The number of aromatic nitrogens is 2. The summed E-state index contributed by atoms with van der Waals surface area (Å²) in [5.74, 6) is 1.61. The number of rotatable bonds is 5. The third-order valence-corrected chi connectivity index (χ3v) is 3.21. The SMILES string of the molecule is CCc1nc(-c2ccc(OC(F)F)cc2)c(N)n1C(C)C. The van der Waals surface area contributed by atoms with Crippen LogP contribution in [0.4, 0.5) is 14.6 Å². The zero-order chi connectivity index (χ0) is 15.6. The van der Waals surface area contributed by atoms with Gasteiger partial charge in [-0.2, -0.15) is 8.78 Å². The van der Waals surface area contributed by atoms with Crippen molar-refractivity contribution in [1.29, 1.82) is 0 Å². The molecule has 4 nitrogen and oxygen atoms in total. The lowest BCUT2D eigenvalue weighted by Gasteiger charge is -2.12. The fourth-order valence-corrected chi connectivity index (χ4v) is 2.33. The molecule has 1 aromatic carbocycles. The van der Waals surface area contributed by atoms with E-state index in [9.17, 15) is 8.78 Å². The van der Waals surface area contributed by atoms with Crippen LogP contribution in [0.5, 0.6) is 5.75 Å². The number of hydrogen-bond donors (Lipinski definition) is 1. The molecule has 2 N–H and O–H groups in total. The molecule has 0 amide bonds. The van der Waals surface area contributed by atoms with Crippen LogP contribution >= 0.6 is 0 Å². The lowest BCUT2D eigenvalue weighted by Crippen LogP contribution is -2.08. The predicted molar refractivity (Wildman–Crippen MR) is 78.5 cm³/mol. The first-order chi connectivity index (χ1) is 9.93. The molecule has 0 saturated carbocycles. The number of nitrogens with zero attached hydrogens (tertiary/aromatic N) is 2. The number of ether oxygens (including phenoxy) is 1. The van der Waals surface area contributed by atoms with Crippen LogP contribution in [0.3, 0.4) is 0 Å². The van der Waals surface area contributed by atoms with E-state index in [-0.39, 0.29) is 11.8 Å². The molecule has 1 aromatic heterocycles. The summed E-state index contributed by atoms with van der Waals surface area (Å²) in [4.78, 5) is 4.56. The van der Waals surface area contributed by atoms with Crippen LogP contribution in [-0.4, -0.2) is 16.2 Å². The first-order valence-electron chi connectivity index (χ1n) is 6.85. The van der Waals surface area contributed by atoms with Crippen LogP contribution in [0.1, 0.15) is 32.6 Å². The van der Waals surface area contributed by atoms with E-state index in [2.05, 4.69) is 9.72 Å². The van der Waals surface area contributed by atoms with E-state index in [1.54, 1.807) is 12.1 Å². The van der Waals surface area contributed by atoms with Gasteiger partial charge in [0, 0.05) is 18.0 Å². The Kier molecular flexibility index (Phi) is 4.45. The zero-order valence-corrected chi connectivity index (χ0v) is 12.3. The maximum atomic E-state index is 12.1. The summed E-state index contributed by atoms with van der Waals surface area (Å²) < 4.78 is 30.6. The summed E-state index contributed by atoms with van der Waals surface area (Å²) in [5, 5.41) is 0. The van der Waals surface area contributed by atoms with Gasteiger partial charge in [-0.1, -0.05) is 6.92 Å². The average molecular weight is 295 g/mol. The maximum absolute atomic E-state index is 12.1. The Morgan fingerprint density at radius 3 is 2.29 bits per heavy atom. The van der Waals surface area contributed by atoms with Crippen LogP contribution in [0.25, 0.3) is 11.3 Å². The fraction of sp³-hybridized carbons (Fsp3) is 0.400. The summed E-state index contributed by atoms with van der Waals surface area (Å²) in [5.41, 5.74) is 7.63. The highest BCUT2D eigenvalue weighted by molar-refractivity contribution is 5.71. The summed E-state index contributed by atoms with van der Waals surface area (Å²) >= 11 is 0. The predicted octanol–water partition coefficient (Wildman–Crippen LogP) is 3.88. The molecule has 1 heterocycles. The van der Waals surface area contributed by atoms with Gasteiger partial charge < -0.3 is 15.0 Å². The Hall–Kier alpha value is -2.11. The van der Waals surface area contributed by atoms with Gasteiger partial charge in [-0.15, -0.1) is 0 Å². The monoisotopic (exact) mass is 295 g/mol. The van der Waals surface area contributed by atoms with Crippen molar-refractivity contribution in [3.63, 3.8) is 0 Å². The third kappa shape index (κ3) is 3.15. The molecule has 0 fully saturated rings. The second-order valence-electron chi connectivity index (χ2n) is 4.98. The number of nitrogens with two attached hydrogens (primary N) is 1. The van der Waals surface area contributed by atoms with Crippen molar-refractivity contribution in [2.45, 2.75) is 39.8 Å². The molecule has 2 rings (SSSR count). The molecule has 0 spiro atoms. The molecule has 0 aliphatic carbocycles. The number of anilines is 1. The lowest BCUT2D eigenvalue weighted by molar-refractivity contribution is -0.0498. The number of halogens is 2. The van der Waals surface area contributed by atoms with Gasteiger partial charge >= 0.3 is 6.61 Å². The van der Waals surface area contributed by atoms with Crippen molar-refractivity contribution in [3.05, 3.63) is 30.1 Å². The van der Waals surface area contributed by atoms with Crippen LogP contribution in [0.15, 0.2) is 24.3 Å². The third-order valence-electron chi connectivity index (χ3n) is 3.21. The van der Waals surface area contributed by atoms with Gasteiger partial charge in [0.2, 0.25) is 0 Å². The fourth-order valence-electron chi connectivity index (χ4n) is 2.33. The standard InChI is InChI=1S/C15H19F2N3O/c1-4-12-19-13(14(18)20(12)9(2)3)10-5-7-11(8-6-10)21-15(16)17/h5-9,15H,4,18H2,1-3H3. The Morgan fingerprint density at radius 1 is 1.24 bits per heavy atom. The second kappa shape index (κ2) is 6.11. The van der Waals surface area contributed by atoms with Crippen LogP contribution in [0.2, 0.25) is 0 Å². The van der Waals surface area contributed by atoms with Gasteiger partial charge in [0.1, 0.15) is 23.1 Å². The van der Waals surface area contributed by atoms with Gasteiger partial charge in [0.15, 0.2) is 0 Å². The van der Waals surface area contributed by atoms with E-state index in [0.29, 0.717) is 11.5 Å². The van der Waals surface area contributed by atoms with Gasteiger partial charge in [-0.05, 0) is 38.1 Å². The maximum Gasteiger partial charge on any atom is 0.387 e. The Labute approximate surface area is 122 Å². The molecule has 6 heteroatoms. The molecule has 0 saturated heterocycles. The van der Waals surface area contributed by atoms with E-state index < -0.39 is 6.61 Å². The highest BCUT2D eigenvalue weighted by Crippen LogP contribution is 2.30. The van der Waals surface area contributed by atoms with Crippen molar-refractivity contribution in [3.8, 4) is 17.0 Å². The molecule has 21 heavy (non-hydrogen) atoms. The number of benzene rings is 1. The van der Waals surface area contributed by atoms with E-state index in [4.69, 9.17) is 5.73 Å².